The van der Waals surface area contributed by atoms with Crippen LogP contribution >= 0.6 is 11.6 Å². The normalized spacial score (nSPS) is 11.2. The molecule has 1 amide bonds. The third-order valence-electron chi connectivity index (χ3n) is 4.70. The first kappa shape index (κ1) is 20.6. The summed E-state index contributed by atoms with van der Waals surface area (Å²) < 4.78 is 7.61. The molecule has 0 aliphatic rings. The van der Waals surface area contributed by atoms with Crippen LogP contribution < -0.4 is 0 Å². The number of rotatable bonds is 7. The van der Waals surface area contributed by atoms with Crippen molar-refractivity contribution < 1.29 is 9.21 Å². The van der Waals surface area contributed by atoms with Crippen molar-refractivity contribution in [3.8, 4) is 11.3 Å². The Labute approximate surface area is 185 Å². The first-order chi connectivity index (χ1) is 15.1. The largest absolute Gasteiger partial charge is 0.459 e. The highest BCUT2D eigenvalue weighted by Crippen LogP contribution is 2.24. The van der Waals surface area contributed by atoms with E-state index >= 15 is 0 Å². The van der Waals surface area contributed by atoms with E-state index in [4.69, 9.17) is 16.0 Å². The first-order valence-corrected chi connectivity index (χ1v) is 10.2. The third kappa shape index (κ3) is 5.49. The number of amides is 1. The lowest BCUT2D eigenvalue weighted by atomic mass is 10.2. The molecule has 7 heteroatoms. The van der Waals surface area contributed by atoms with Gasteiger partial charge in [-0.3, -0.25) is 4.79 Å². The molecule has 6 nitrogen and oxygen atoms in total. The van der Waals surface area contributed by atoms with Gasteiger partial charge in [0.2, 0.25) is 5.91 Å². The Hall–Kier alpha value is -3.64. The zero-order valence-corrected chi connectivity index (χ0v) is 17.7. The molecule has 0 aliphatic carbocycles. The zero-order chi connectivity index (χ0) is 21.6. The molecule has 0 saturated carbocycles. The number of hydrogen-bond acceptors (Lipinski definition) is 4. The van der Waals surface area contributed by atoms with Crippen molar-refractivity contribution in [3.63, 3.8) is 0 Å². The van der Waals surface area contributed by atoms with E-state index < -0.39 is 0 Å². The van der Waals surface area contributed by atoms with Gasteiger partial charge in [0, 0.05) is 23.7 Å². The van der Waals surface area contributed by atoms with E-state index in [0.29, 0.717) is 29.6 Å². The van der Waals surface area contributed by atoms with Crippen molar-refractivity contribution >= 4 is 23.6 Å². The average Bonchev–Trinajstić information content (AvgIpc) is 3.43. The van der Waals surface area contributed by atoms with E-state index in [2.05, 4.69) is 10.3 Å². The molecule has 156 valence electrons. The van der Waals surface area contributed by atoms with Crippen LogP contribution in [0.1, 0.15) is 17.0 Å². The van der Waals surface area contributed by atoms with Crippen LogP contribution in [-0.2, 0) is 17.9 Å². The lowest BCUT2D eigenvalue weighted by Crippen LogP contribution is -2.23. The van der Waals surface area contributed by atoms with Crippen LogP contribution in [0, 0.1) is 0 Å². The number of carbonyl (C=O) groups excluding carboxylic acids is 1. The Kier molecular flexibility index (Phi) is 6.29. The van der Waals surface area contributed by atoms with Gasteiger partial charge >= 0.3 is 0 Å². The molecule has 4 aromatic rings. The molecule has 0 unspecified atom stereocenters. The number of nitrogens with zero attached hydrogens (tertiary/aromatic N) is 4. The Balaban J connectivity index is 1.33. The molecule has 0 atom stereocenters. The number of hydrogen-bond donors (Lipinski definition) is 0. The van der Waals surface area contributed by atoms with E-state index in [9.17, 15) is 4.79 Å². The predicted octanol–water partition coefficient (Wildman–Crippen LogP) is 4.91. The van der Waals surface area contributed by atoms with Crippen LogP contribution in [0.4, 0.5) is 0 Å². The quantitative estimate of drug-likeness (QED) is 0.389. The summed E-state index contributed by atoms with van der Waals surface area (Å²) >= 11 is 5.93. The highest BCUT2D eigenvalue weighted by atomic mass is 35.5. The second kappa shape index (κ2) is 9.45. The molecule has 0 aliphatic heterocycles. The van der Waals surface area contributed by atoms with Gasteiger partial charge in [-0.05, 0) is 48.0 Å². The van der Waals surface area contributed by atoms with Crippen LogP contribution in [0.15, 0.2) is 83.4 Å². The molecule has 2 heterocycles. The Morgan fingerprint density at radius 2 is 1.87 bits per heavy atom. The molecular formula is C24H21ClN4O2. The van der Waals surface area contributed by atoms with Gasteiger partial charge in [-0.2, -0.15) is 0 Å². The standard InChI is InChI=1S/C24H21ClN4O2/c1-28(17-22-12-13-23(31-22)19-7-9-20(25)10-8-19)24(30)14-11-21-16-29(27-26-21)15-18-5-3-2-4-6-18/h2-14,16H,15,17H2,1H3/b14-11+. The van der Waals surface area contributed by atoms with Crippen LogP contribution in [0.2, 0.25) is 5.02 Å². The van der Waals surface area contributed by atoms with Gasteiger partial charge in [0.05, 0.1) is 19.3 Å². The molecule has 0 fully saturated rings. The molecule has 4 rings (SSSR count). The van der Waals surface area contributed by atoms with Gasteiger partial charge < -0.3 is 9.32 Å². The molecule has 0 N–H and O–H groups in total. The Bertz CT molecular complexity index is 1180. The van der Waals surface area contributed by atoms with E-state index in [1.807, 2.05) is 72.9 Å². The summed E-state index contributed by atoms with van der Waals surface area (Å²) in [6, 6.07) is 21.2. The number of aromatic nitrogens is 3. The van der Waals surface area contributed by atoms with E-state index in [0.717, 1.165) is 16.9 Å². The highest BCUT2D eigenvalue weighted by molar-refractivity contribution is 6.30. The van der Waals surface area contributed by atoms with Gasteiger partial charge in [0.1, 0.15) is 17.2 Å². The first-order valence-electron chi connectivity index (χ1n) is 9.79. The topological polar surface area (TPSA) is 64.2 Å². The fraction of sp³-hybridized carbons (Fsp3) is 0.125. The van der Waals surface area contributed by atoms with Crippen molar-refractivity contribution in [2.45, 2.75) is 13.1 Å². The second-order valence-electron chi connectivity index (χ2n) is 7.13. The van der Waals surface area contributed by atoms with Crippen LogP contribution in [-0.4, -0.2) is 32.8 Å². The van der Waals surface area contributed by atoms with Crippen molar-refractivity contribution in [2.24, 2.45) is 0 Å². The lowest BCUT2D eigenvalue weighted by molar-refractivity contribution is -0.125. The fourth-order valence-corrected chi connectivity index (χ4v) is 3.19. The number of benzene rings is 2. The van der Waals surface area contributed by atoms with Gasteiger partial charge in [0.15, 0.2) is 0 Å². The minimum absolute atomic E-state index is 0.151. The molecule has 31 heavy (non-hydrogen) atoms. The van der Waals surface area contributed by atoms with E-state index in [-0.39, 0.29) is 5.91 Å². The fourth-order valence-electron chi connectivity index (χ4n) is 3.07. The maximum absolute atomic E-state index is 12.5. The molecule has 2 aromatic heterocycles. The van der Waals surface area contributed by atoms with Gasteiger partial charge in [-0.15, -0.1) is 5.10 Å². The summed E-state index contributed by atoms with van der Waals surface area (Å²) in [5.41, 5.74) is 2.69. The Morgan fingerprint density at radius 3 is 2.65 bits per heavy atom. The molecule has 0 saturated heterocycles. The SMILES string of the molecule is CN(Cc1ccc(-c2ccc(Cl)cc2)o1)C(=O)/C=C/c1cn(Cc2ccccc2)nn1. The summed E-state index contributed by atoms with van der Waals surface area (Å²) in [6.45, 7) is 0.988. The van der Waals surface area contributed by atoms with Crippen molar-refractivity contribution in [1.29, 1.82) is 0 Å². The Morgan fingerprint density at radius 1 is 1.10 bits per heavy atom. The van der Waals surface area contributed by atoms with Gasteiger partial charge in [-0.1, -0.05) is 47.1 Å². The monoisotopic (exact) mass is 432 g/mol. The predicted molar refractivity (Wildman–Crippen MR) is 120 cm³/mol. The minimum Gasteiger partial charge on any atom is -0.459 e. The van der Waals surface area contributed by atoms with Crippen LogP contribution in [0.3, 0.4) is 0 Å². The number of halogens is 1. The van der Waals surface area contributed by atoms with Crippen molar-refractivity contribution in [2.75, 3.05) is 7.05 Å². The van der Waals surface area contributed by atoms with E-state index in [1.54, 1.807) is 22.7 Å². The smallest absolute Gasteiger partial charge is 0.246 e. The maximum atomic E-state index is 12.5. The van der Waals surface area contributed by atoms with Gasteiger partial charge in [0.25, 0.3) is 0 Å². The zero-order valence-electron chi connectivity index (χ0n) is 17.0. The van der Waals surface area contributed by atoms with Gasteiger partial charge in [-0.25, -0.2) is 4.68 Å². The summed E-state index contributed by atoms with van der Waals surface area (Å²) in [5, 5.41) is 8.88. The van der Waals surface area contributed by atoms with Crippen LogP contribution in [0.5, 0.6) is 0 Å². The summed E-state index contributed by atoms with van der Waals surface area (Å²) in [7, 11) is 1.73. The van der Waals surface area contributed by atoms with E-state index in [1.165, 1.54) is 6.08 Å². The molecule has 0 spiro atoms. The lowest BCUT2D eigenvalue weighted by Gasteiger charge is -2.12. The highest BCUT2D eigenvalue weighted by Gasteiger charge is 2.11. The minimum atomic E-state index is -0.151. The van der Waals surface area contributed by atoms with Crippen molar-refractivity contribution in [3.05, 3.63) is 101 Å². The van der Waals surface area contributed by atoms with Crippen molar-refractivity contribution in [1.82, 2.24) is 19.9 Å². The van der Waals surface area contributed by atoms with Crippen LogP contribution in [0.25, 0.3) is 17.4 Å². The number of furan rings is 1. The maximum Gasteiger partial charge on any atom is 0.246 e. The number of likely N-dealkylation sites (N-methyl/N-ethyl adjacent to an activating group) is 1. The average molecular weight is 433 g/mol. The summed E-state index contributed by atoms with van der Waals surface area (Å²) in [4.78, 5) is 14.0. The molecule has 0 bridgehead atoms. The molecular weight excluding hydrogens is 412 g/mol. The third-order valence-corrected chi connectivity index (χ3v) is 4.95. The molecule has 0 radical (unpaired) electrons. The summed E-state index contributed by atoms with van der Waals surface area (Å²) in [6.07, 6.45) is 4.95. The number of carbonyl (C=O) groups is 1. The summed E-state index contributed by atoms with van der Waals surface area (Å²) in [5.74, 6) is 1.28. The molecule has 2 aromatic carbocycles. The second-order valence-corrected chi connectivity index (χ2v) is 7.56.